The summed E-state index contributed by atoms with van der Waals surface area (Å²) in [7, 11) is 0. The molecule has 0 aliphatic rings. The number of aromatic nitrogens is 3. The van der Waals surface area contributed by atoms with Crippen LogP contribution in [0.5, 0.6) is 0 Å². The molecule has 2 heterocycles. The number of thiazole rings is 1. The van der Waals surface area contributed by atoms with Crippen molar-refractivity contribution in [2.24, 2.45) is 0 Å². The summed E-state index contributed by atoms with van der Waals surface area (Å²) in [6.07, 6.45) is 0. The Morgan fingerprint density at radius 1 is 1.00 bits per heavy atom. The highest BCUT2D eigenvalue weighted by Gasteiger charge is 2.14. The molecule has 1 amide bonds. The Balaban J connectivity index is 1.37. The Labute approximate surface area is 168 Å². The molecule has 134 valence electrons. The molecule has 4 rings (SSSR count). The van der Waals surface area contributed by atoms with E-state index in [0.29, 0.717) is 10.8 Å². The molecule has 2 aromatic heterocycles. The van der Waals surface area contributed by atoms with Gasteiger partial charge in [0.15, 0.2) is 4.34 Å². The predicted molar refractivity (Wildman–Crippen MR) is 111 cm³/mol. The van der Waals surface area contributed by atoms with Crippen LogP contribution in [-0.4, -0.2) is 21.1 Å². The van der Waals surface area contributed by atoms with Crippen molar-refractivity contribution in [2.45, 2.75) is 10.1 Å². The van der Waals surface area contributed by atoms with Crippen LogP contribution in [0.15, 0.2) is 70.4 Å². The van der Waals surface area contributed by atoms with Gasteiger partial charge in [-0.2, -0.15) is 0 Å². The first-order valence-corrected chi connectivity index (χ1v) is 10.8. The fraction of sp³-hybridized carbons (Fsp3) is 0.0526. The van der Waals surface area contributed by atoms with Gasteiger partial charge in [0.1, 0.15) is 10.7 Å². The van der Waals surface area contributed by atoms with E-state index in [1.165, 1.54) is 28.2 Å². The second-order valence-electron chi connectivity index (χ2n) is 5.51. The fourth-order valence-corrected chi connectivity index (χ4v) is 4.80. The average molecular weight is 411 g/mol. The zero-order valence-electron chi connectivity index (χ0n) is 14.0. The number of hydrogen-bond donors (Lipinski definition) is 1. The van der Waals surface area contributed by atoms with E-state index in [1.54, 1.807) is 17.1 Å². The minimum atomic E-state index is -0.274. The lowest BCUT2D eigenvalue weighted by molar-refractivity contribution is 0.102. The normalized spacial score (nSPS) is 10.7. The van der Waals surface area contributed by atoms with Crippen molar-refractivity contribution in [2.75, 3.05) is 5.32 Å². The summed E-state index contributed by atoms with van der Waals surface area (Å²) in [5, 5.41) is 14.0. The van der Waals surface area contributed by atoms with Gasteiger partial charge in [-0.15, -0.1) is 21.5 Å². The van der Waals surface area contributed by atoms with Gasteiger partial charge in [0.05, 0.1) is 0 Å². The molecule has 0 aliphatic carbocycles. The molecule has 0 unspecified atom stereocenters. The molecule has 0 spiro atoms. The van der Waals surface area contributed by atoms with Gasteiger partial charge >= 0.3 is 0 Å². The summed E-state index contributed by atoms with van der Waals surface area (Å²) in [4.78, 5) is 16.8. The van der Waals surface area contributed by atoms with Crippen molar-refractivity contribution in [3.63, 3.8) is 0 Å². The van der Waals surface area contributed by atoms with Crippen molar-refractivity contribution in [3.05, 3.63) is 77.3 Å². The zero-order chi connectivity index (χ0) is 18.5. The minimum absolute atomic E-state index is 0.274. The van der Waals surface area contributed by atoms with Crippen LogP contribution in [0, 0.1) is 0 Å². The third kappa shape index (κ3) is 4.60. The number of carbonyl (C=O) groups is 1. The summed E-state index contributed by atoms with van der Waals surface area (Å²) in [6.45, 7) is 0. The number of nitrogens with one attached hydrogen (secondary N) is 1. The van der Waals surface area contributed by atoms with Crippen LogP contribution in [0.1, 0.15) is 16.1 Å². The lowest BCUT2D eigenvalue weighted by atomic mass is 10.2. The molecule has 0 radical (unpaired) electrons. The van der Waals surface area contributed by atoms with Crippen molar-refractivity contribution in [3.8, 4) is 10.6 Å². The van der Waals surface area contributed by atoms with Crippen LogP contribution < -0.4 is 5.32 Å². The Bertz CT molecular complexity index is 1030. The molecule has 0 saturated carbocycles. The van der Waals surface area contributed by atoms with E-state index >= 15 is 0 Å². The molecule has 0 fully saturated rings. The quantitative estimate of drug-likeness (QED) is 0.349. The smallest absolute Gasteiger partial charge is 0.276 e. The van der Waals surface area contributed by atoms with E-state index in [1.807, 2.05) is 48.5 Å². The molecule has 8 heteroatoms. The van der Waals surface area contributed by atoms with Crippen LogP contribution in [0.25, 0.3) is 10.6 Å². The third-order valence-corrected chi connectivity index (χ3v) is 6.52. The van der Waals surface area contributed by atoms with Crippen LogP contribution in [-0.2, 0) is 5.75 Å². The van der Waals surface area contributed by atoms with Gasteiger partial charge in [-0.05, 0) is 5.56 Å². The van der Waals surface area contributed by atoms with Crippen LogP contribution >= 0.6 is 34.4 Å². The highest BCUT2D eigenvalue weighted by atomic mass is 32.2. The summed E-state index contributed by atoms with van der Waals surface area (Å²) in [6, 6.07) is 20.0. The molecule has 27 heavy (non-hydrogen) atoms. The molecule has 4 aromatic rings. The van der Waals surface area contributed by atoms with Gasteiger partial charge in [0.25, 0.3) is 5.91 Å². The van der Waals surface area contributed by atoms with E-state index in [9.17, 15) is 4.79 Å². The van der Waals surface area contributed by atoms with Crippen molar-refractivity contribution in [1.29, 1.82) is 0 Å². The fourth-order valence-electron chi connectivity index (χ4n) is 2.29. The number of anilines is 1. The molecule has 0 saturated heterocycles. The van der Waals surface area contributed by atoms with Crippen LogP contribution in [0.4, 0.5) is 5.13 Å². The number of amides is 1. The number of carbonyl (C=O) groups excluding carboxylic acids is 1. The average Bonchev–Trinajstić information content (AvgIpc) is 3.38. The summed E-state index contributed by atoms with van der Waals surface area (Å²) < 4.78 is 0.817. The number of thioether (sulfide) groups is 1. The summed E-state index contributed by atoms with van der Waals surface area (Å²) in [5.41, 5.74) is 2.60. The Kier molecular flexibility index (Phi) is 5.57. The van der Waals surface area contributed by atoms with E-state index in [-0.39, 0.29) is 5.91 Å². The monoisotopic (exact) mass is 410 g/mol. The van der Waals surface area contributed by atoms with Crippen LogP contribution in [0.2, 0.25) is 0 Å². The minimum Gasteiger partial charge on any atom is -0.295 e. The highest BCUT2D eigenvalue weighted by molar-refractivity contribution is 8.00. The first-order chi connectivity index (χ1) is 13.3. The van der Waals surface area contributed by atoms with Gasteiger partial charge in [-0.3, -0.25) is 10.1 Å². The molecule has 2 aromatic carbocycles. The first kappa shape index (κ1) is 17.8. The highest BCUT2D eigenvalue weighted by Crippen LogP contribution is 2.29. The van der Waals surface area contributed by atoms with Gasteiger partial charge < -0.3 is 0 Å². The lowest BCUT2D eigenvalue weighted by Gasteiger charge is -1.98. The lowest BCUT2D eigenvalue weighted by Crippen LogP contribution is -2.12. The molecule has 0 atom stereocenters. The van der Waals surface area contributed by atoms with Crippen molar-refractivity contribution >= 4 is 45.5 Å². The van der Waals surface area contributed by atoms with E-state index in [0.717, 1.165) is 20.7 Å². The van der Waals surface area contributed by atoms with Crippen LogP contribution in [0.3, 0.4) is 0 Å². The molecule has 5 nitrogen and oxygen atoms in total. The molecular weight excluding hydrogens is 396 g/mol. The number of hydrogen-bond acceptors (Lipinski definition) is 7. The summed E-state index contributed by atoms with van der Waals surface area (Å²) >= 11 is 4.41. The van der Waals surface area contributed by atoms with E-state index < -0.39 is 0 Å². The molecule has 0 aliphatic heterocycles. The maximum Gasteiger partial charge on any atom is 0.276 e. The second-order valence-corrected chi connectivity index (χ2v) is 8.56. The van der Waals surface area contributed by atoms with E-state index in [2.05, 4.69) is 32.6 Å². The largest absolute Gasteiger partial charge is 0.295 e. The zero-order valence-corrected chi connectivity index (χ0v) is 16.5. The maximum atomic E-state index is 12.4. The van der Waals surface area contributed by atoms with Gasteiger partial charge in [-0.1, -0.05) is 83.8 Å². The topological polar surface area (TPSA) is 67.8 Å². The molecule has 0 bridgehead atoms. The van der Waals surface area contributed by atoms with Gasteiger partial charge in [0.2, 0.25) is 5.13 Å². The third-order valence-electron chi connectivity index (χ3n) is 3.59. The van der Waals surface area contributed by atoms with E-state index in [4.69, 9.17) is 0 Å². The van der Waals surface area contributed by atoms with Gasteiger partial charge in [-0.25, -0.2) is 4.98 Å². The molecular formula is C19H14N4OS3. The maximum absolute atomic E-state index is 12.4. The number of nitrogens with zero attached hydrogens (tertiary/aromatic N) is 3. The Morgan fingerprint density at radius 3 is 2.52 bits per heavy atom. The first-order valence-electron chi connectivity index (χ1n) is 8.10. The SMILES string of the molecule is O=C(Nc1nnc(SCc2ccccc2)s1)c1csc(-c2ccccc2)n1. The standard InChI is InChI=1S/C19H14N4OS3/c24-16(15-12-25-17(20-15)14-9-5-2-6-10-14)21-18-22-23-19(27-18)26-11-13-7-3-1-4-8-13/h1-10,12H,11H2,(H,21,22,24). The number of rotatable bonds is 6. The molecule has 1 N–H and O–H groups in total. The second kappa shape index (κ2) is 8.43. The number of benzene rings is 2. The van der Waals surface area contributed by atoms with Crippen molar-refractivity contribution in [1.82, 2.24) is 15.2 Å². The Hall–Kier alpha value is -2.55. The van der Waals surface area contributed by atoms with Crippen molar-refractivity contribution < 1.29 is 4.79 Å². The summed E-state index contributed by atoms with van der Waals surface area (Å²) in [5.74, 6) is 0.542. The van der Waals surface area contributed by atoms with Gasteiger partial charge in [0, 0.05) is 16.7 Å². The predicted octanol–water partition coefficient (Wildman–Crippen LogP) is 5.21. The Morgan fingerprint density at radius 2 is 1.74 bits per heavy atom.